The maximum Gasteiger partial charge on any atom is 0.0552 e. The van der Waals surface area contributed by atoms with Crippen molar-refractivity contribution in [2.24, 2.45) is 0 Å². The van der Waals surface area contributed by atoms with Crippen molar-refractivity contribution >= 4 is 0 Å². The van der Waals surface area contributed by atoms with Crippen LogP contribution in [0.25, 0.3) is 0 Å². The molecule has 0 aromatic carbocycles. The lowest BCUT2D eigenvalue weighted by Gasteiger charge is -2.17. The molecule has 0 unspecified atom stereocenters. The maximum atomic E-state index is 9.61. The molecule has 1 saturated heterocycles. The van der Waals surface area contributed by atoms with Crippen LogP contribution in [0.1, 0.15) is 45.4 Å². The summed E-state index contributed by atoms with van der Waals surface area (Å²) in [5.41, 5.74) is 0. The summed E-state index contributed by atoms with van der Waals surface area (Å²) in [6.45, 7) is 5.78. The summed E-state index contributed by atoms with van der Waals surface area (Å²) < 4.78 is 0. The number of rotatable bonds is 6. The summed E-state index contributed by atoms with van der Waals surface area (Å²) >= 11 is 0. The average Bonchev–Trinajstić information content (AvgIpc) is 2.64. The fourth-order valence-corrected chi connectivity index (χ4v) is 1.92. The molecule has 1 rings (SSSR count). The lowest BCUT2D eigenvalue weighted by atomic mass is 10.1. The molecule has 78 valence electrons. The summed E-state index contributed by atoms with van der Waals surface area (Å²) in [7, 11) is 0. The van der Waals surface area contributed by atoms with Crippen molar-refractivity contribution in [1.82, 2.24) is 4.90 Å². The van der Waals surface area contributed by atoms with E-state index in [9.17, 15) is 5.11 Å². The van der Waals surface area contributed by atoms with Gasteiger partial charge in [0.1, 0.15) is 0 Å². The van der Waals surface area contributed by atoms with Crippen LogP contribution in [-0.4, -0.2) is 35.7 Å². The molecule has 0 aromatic heterocycles. The van der Waals surface area contributed by atoms with Crippen LogP contribution in [0.3, 0.4) is 0 Å². The van der Waals surface area contributed by atoms with Gasteiger partial charge in [-0.15, -0.1) is 0 Å². The average molecular weight is 185 g/mol. The third-order valence-corrected chi connectivity index (χ3v) is 2.87. The summed E-state index contributed by atoms with van der Waals surface area (Å²) in [6.07, 6.45) is 6.98. The van der Waals surface area contributed by atoms with Crippen molar-refractivity contribution in [3.63, 3.8) is 0 Å². The molecule has 13 heavy (non-hydrogen) atoms. The van der Waals surface area contributed by atoms with Crippen LogP contribution >= 0.6 is 0 Å². The molecule has 0 bridgehead atoms. The minimum atomic E-state index is -0.0550. The van der Waals surface area contributed by atoms with Gasteiger partial charge in [0.2, 0.25) is 0 Å². The van der Waals surface area contributed by atoms with Crippen molar-refractivity contribution in [2.75, 3.05) is 19.6 Å². The molecule has 1 aliphatic heterocycles. The van der Waals surface area contributed by atoms with Crippen LogP contribution in [0.15, 0.2) is 0 Å². The Morgan fingerprint density at radius 1 is 1.23 bits per heavy atom. The zero-order valence-corrected chi connectivity index (χ0v) is 8.84. The second-order valence-corrected chi connectivity index (χ2v) is 4.13. The Kier molecular flexibility index (Phi) is 5.40. The number of likely N-dealkylation sites (tertiary alicyclic amines) is 1. The van der Waals surface area contributed by atoms with Gasteiger partial charge in [-0.05, 0) is 38.8 Å². The minimum Gasteiger partial charge on any atom is -0.393 e. The fourth-order valence-electron chi connectivity index (χ4n) is 1.92. The Bertz CT molecular complexity index is 121. The molecule has 2 heteroatoms. The molecule has 1 atom stereocenters. The van der Waals surface area contributed by atoms with E-state index in [4.69, 9.17) is 0 Å². The first-order valence-electron chi connectivity index (χ1n) is 5.73. The predicted octanol–water partition coefficient (Wildman–Crippen LogP) is 2.02. The van der Waals surface area contributed by atoms with Crippen LogP contribution in [0.2, 0.25) is 0 Å². The molecule has 0 amide bonds. The van der Waals surface area contributed by atoms with Crippen LogP contribution < -0.4 is 0 Å². The van der Waals surface area contributed by atoms with Gasteiger partial charge in [0.05, 0.1) is 6.10 Å². The molecule has 1 fully saturated rings. The van der Waals surface area contributed by atoms with Crippen LogP contribution in [0.4, 0.5) is 0 Å². The lowest BCUT2D eigenvalue weighted by Crippen LogP contribution is -2.24. The topological polar surface area (TPSA) is 23.5 Å². The normalized spacial score (nSPS) is 20.8. The van der Waals surface area contributed by atoms with E-state index in [1.54, 1.807) is 0 Å². The molecule has 0 saturated carbocycles. The Morgan fingerprint density at radius 2 is 1.92 bits per heavy atom. The van der Waals surface area contributed by atoms with Gasteiger partial charge in [-0.2, -0.15) is 0 Å². The zero-order valence-electron chi connectivity index (χ0n) is 8.84. The number of nitrogens with zero attached hydrogens (tertiary/aromatic N) is 1. The van der Waals surface area contributed by atoms with Crippen LogP contribution in [-0.2, 0) is 0 Å². The van der Waals surface area contributed by atoms with E-state index < -0.39 is 0 Å². The van der Waals surface area contributed by atoms with E-state index in [0.717, 1.165) is 19.4 Å². The SMILES string of the molecule is CCCC[C@H](O)CCN1CCCC1. The largest absolute Gasteiger partial charge is 0.393 e. The van der Waals surface area contributed by atoms with Gasteiger partial charge in [-0.3, -0.25) is 0 Å². The number of hydrogen-bond acceptors (Lipinski definition) is 2. The Morgan fingerprint density at radius 3 is 2.54 bits per heavy atom. The van der Waals surface area contributed by atoms with E-state index in [1.807, 2.05) is 0 Å². The van der Waals surface area contributed by atoms with Gasteiger partial charge in [-0.1, -0.05) is 19.8 Å². The zero-order chi connectivity index (χ0) is 9.52. The summed E-state index contributed by atoms with van der Waals surface area (Å²) in [6, 6.07) is 0. The van der Waals surface area contributed by atoms with E-state index in [-0.39, 0.29) is 6.10 Å². The molecule has 0 aromatic rings. The minimum absolute atomic E-state index is 0.0550. The van der Waals surface area contributed by atoms with E-state index >= 15 is 0 Å². The van der Waals surface area contributed by atoms with Gasteiger partial charge in [0.15, 0.2) is 0 Å². The summed E-state index contributed by atoms with van der Waals surface area (Å²) in [5, 5.41) is 9.61. The monoisotopic (exact) mass is 185 g/mol. The predicted molar refractivity (Wildman–Crippen MR) is 55.8 cm³/mol. The molecule has 0 aliphatic carbocycles. The quantitative estimate of drug-likeness (QED) is 0.684. The molecule has 0 radical (unpaired) electrons. The lowest BCUT2D eigenvalue weighted by molar-refractivity contribution is 0.135. The maximum absolute atomic E-state index is 9.61. The Hall–Kier alpha value is -0.0800. The summed E-state index contributed by atoms with van der Waals surface area (Å²) in [4.78, 5) is 2.47. The molecular formula is C11H23NO. The molecule has 1 heterocycles. The van der Waals surface area contributed by atoms with Crippen molar-refractivity contribution in [1.29, 1.82) is 0 Å². The van der Waals surface area contributed by atoms with Crippen molar-refractivity contribution < 1.29 is 5.11 Å². The van der Waals surface area contributed by atoms with E-state index in [2.05, 4.69) is 11.8 Å². The number of unbranched alkanes of at least 4 members (excludes halogenated alkanes) is 1. The van der Waals surface area contributed by atoms with Crippen LogP contribution in [0.5, 0.6) is 0 Å². The number of aliphatic hydroxyl groups excluding tert-OH is 1. The number of hydrogen-bond donors (Lipinski definition) is 1. The molecule has 1 aliphatic rings. The van der Waals surface area contributed by atoms with Gasteiger partial charge in [0.25, 0.3) is 0 Å². The number of aliphatic hydroxyl groups is 1. The second kappa shape index (κ2) is 6.39. The van der Waals surface area contributed by atoms with Gasteiger partial charge in [-0.25, -0.2) is 0 Å². The fraction of sp³-hybridized carbons (Fsp3) is 1.00. The van der Waals surface area contributed by atoms with Crippen molar-refractivity contribution in [3.05, 3.63) is 0 Å². The summed E-state index contributed by atoms with van der Waals surface area (Å²) in [5.74, 6) is 0. The Balaban J connectivity index is 1.97. The van der Waals surface area contributed by atoms with Gasteiger partial charge in [0, 0.05) is 6.54 Å². The molecular weight excluding hydrogens is 162 g/mol. The molecule has 0 spiro atoms. The molecule has 2 nitrogen and oxygen atoms in total. The van der Waals surface area contributed by atoms with Gasteiger partial charge < -0.3 is 10.0 Å². The molecule has 1 N–H and O–H groups in total. The van der Waals surface area contributed by atoms with Gasteiger partial charge >= 0.3 is 0 Å². The highest BCUT2D eigenvalue weighted by molar-refractivity contribution is 4.67. The highest BCUT2D eigenvalue weighted by atomic mass is 16.3. The first-order chi connectivity index (χ1) is 6.33. The first kappa shape index (κ1) is 11.0. The first-order valence-corrected chi connectivity index (χ1v) is 5.73. The Labute approximate surface area is 81.9 Å². The third kappa shape index (κ3) is 4.63. The second-order valence-electron chi connectivity index (χ2n) is 4.13. The van der Waals surface area contributed by atoms with E-state index in [1.165, 1.54) is 38.8 Å². The smallest absolute Gasteiger partial charge is 0.0552 e. The van der Waals surface area contributed by atoms with Crippen LogP contribution in [0, 0.1) is 0 Å². The van der Waals surface area contributed by atoms with Crippen molar-refractivity contribution in [3.8, 4) is 0 Å². The third-order valence-electron chi connectivity index (χ3n) is 2.87. The highest BCUT2D eigenvalue weighted by Crippen LogP contribution is 2.10. The standard InChI is InChI=1S/C11H23NO/c1-2-3-6-11(13)7-10-12-8-4-5-9-12/h11,13H,2-10H2,1H3/t11-/m0/s1. The van der Waals surface area contributed by atoms with Crippen molar-refractivity contribution in [2.45, 2.75) is 51.6 Å². The van der Waals surface area contributed by atoms with E-state index in [0.29, 0.717) is 0 Å². The highest BCUT2D eigenvalue weighted by Gasteiger charge is 2.12.